The van der Waals surface area contributed by atoms with Gasteiger partial charge < -0.3 is 16.0 Å². The molecule has 1 aromatic carbocycles. The molecule has 0 saturated carbocycles. The Morgan fingerprint density at radius 3 is 2.64 bits per heavy atom. The van der Waals surface area contributed by atoms with Crippen molar-refractivity contribution in [2.45, 2.75) is 33.4 Å². The summed E-state index contributed by atoms with van der Waals surface area (Å²) in [6, 6.07) is 3.72. The van der Waals surface area contributed by atoms with Crippen LogP contribution in [0.15, 0.2) is 18.2 Å². The molecule has 1 atom stereocenters. The minimum Gasteiger partial charge on any atom is -0.348 e. The van der Waals surface area contributed by atoms with Crippen LogP contribution in [0.3, 0.4) is 0 Å². The first kappa shape index (κ1) is 20.6. The van der Waals surface area contributed by atoms with Crippen molar-refractivity contribution in [1.82, 2.24) is 15.3 Å². The lowest BCUT2D eigenvalue weighted by Gasteiger charge is -2.25. The van der Waals surface area contributed by atoms with Gasteiger partial charge in [-0.1, -0.05) is 20.8 Å². The fourth-order valence-corrected chi connectivity index (χ4v) is 1.79. The number of imidazole rings is 1. The molecule has 0 aliphatic carbocycles. The summed E-state index contributed by atoms with van der Waals surface area (Å²) in [6.45, 7) is 5.95. The molecule has 8 heteroatoms. The van der Waals surface area contributed by atoms with Crippen LogP contribution in [0.2, 0.25) is 0 Å². The quantitative estimate of drug-likeness (QED) is 0.795. The average molecular weight is 351 g/mol. The van der Waals surface area contributed by atoms with E-state index >= 15 is 0 Å². The minimum atomic E-state index is -0.593. The van der Waals surface area contributed by atoms with Gasteiger partial charge in [-0.05, 0) is 23.6 Å². The number of H-pyrrole nitrogens is 1. The van der Waals surface area contributed by atoms with E-state index in [1.807, 2.05) is 20.8 Å². The smallest absolute Gasteiger partial charge is 0.237 e. The number of aromatic nitrogens is 2. The maximum Gasteiger partial charge on any atom is 0.237 e. The number of aromatic amines is 1. The highest BCUT2D eigenvalue weighted by atomic mass is 35.5. The average Bonchev–Trinajstić information content (AvgIpc) is 2.75. The number of halogens is 3. The molecule has 0 aliphatic rings. The van der Waals surface area contributed by atoms with E-state index in [0.29, 0.717) is 16.9 Å². The summed E-state index contributed by atoms with van der Waals surface area (Å²) < 4.78 is 13.1. The minimum absolute atomic E-state index is 0. The van der Waals surface area contributed by atoms with Crippen LogP contribution < -0.4 is 11.1 Å². The van der Waals surface area contributed by atoms with Crippen molar-refractivity contribution >= 4 is 41.8 Å². The molecule has 4 N–H and O–H groups in total. The van der Waals surface area contributed by atoms with Gasteiger partial charge in [0, 0.05) is 0 Å². The second-order valence-electron chi connectivity index (χ2n) is 5.91. The fraction of sp³-hybridized carbons (Fsp3) is 0.429. The summed E-state index contributed by atoms with van der Waals surface area (Å²) >= 11 is 0. The van der Waals surface area contributed by atoms with E-state index in [0.717, 1.165) is 0 Å². The van der Waals surface area contributed by atoms with Crippen molar-refractivity contribution in [1.29, 1.82) is 0 Å². The Bertz CT molecular complexity index is 639. The van der Waals surface area contributed by atoms with Crippen molar-refractivity contribution < 1.29 is 9.18 Å². The van der Waals surface area contributed by atoms with Crippen LogP contribution >= 0.6 is 24.8 Å². The van der Waals surface area contributed by atoms with Crippen molar-refractivity contribution in [3.63, 3.8) is 0 Å². The van der Waals surface area contributed by atoms with Crippen LogP contribution in [0.25, 0.3) is 11.0 Å². The lowest BCUT2D eigenvalue weighted by molar-refractivity contribution is -0.124. The van der Waals surface area contributed by atoms with Crippen LogP contribution in [0, 0.1) is 11.2 Å². The molecule has 0 unspecified atom stereocenters. The molecule has 0 bridgehead atoms. The molecule has 2 rings (SSSR count). The molecule has 0 spiro atoms. The number of amides is 1. The van der Waals surface area contributed by atoms with Gasteiger partial charge in [-0.25, -0.2) is 9.37 Å². The van der Waals surface area contributed by atoms with E-state index in [4.69, 9.17) is 5.73 Å². The number of carbonyl (C=O) groups is 1. The molecule has 2 aromatic rings. The van der Waals surface area contributed by atoms with E-state index in [1.54, 1.807) is 6.07 Å². The Hall–Kier alpha value is -1.37. The first-order chi connectivity index (χ1) is 9.27. The van der Waals surface area contributed by atoms with Gasteiger partial charge in [-0.3, -0.25) is 4.79 Å². The van der Waals surface area contributed by atoms with Gasteiger partial charge >= 0.3 is 0 Å². The molecule has 0 radical (unpaired) electrons. The second kappa shape index (κ2) is 7.76. The molecule has 0 aliphatic heterocycles. The van der Waals surface area contributed by atoms with Crippen molar-refractivity contribution in [2.24, 2.45) is 11.1 Å². The van der Waals surface area contributed by atoms with Gasteiger partial charge in [-0.2, -0.15) is 0 Å². The normalized spacial score (nSPS) is 12.2. The lowest BCUT2D eigenvalue weighted by atomic mass is 9.87. The topological polar surface area (TPSA) is 83.8 Å². The van der Waals surface area contributed by atoms with Gasteiger partial charge in [0.1, 0.15) is 11.6 Å². The summed E-state index contributed by atoms with van der Waals surface area (Å²) in [4.78, 5) is 19.1. The molecule has 1 heterocycles. The van der Waals surface area contributed by atoms with E-state index in [1.165, 1.54) is 12.1 Å². The van der Waals surface area contributed by atoms with Gasteiger partial charge in [-0.15, -0.1) is 24.8 Å². The summed E-state index contributed by atoms with van der Waals surface area (Å²) in [6.07, 6.45) is 0. The third-order valence-electron chi connectivity index (χ3n) is 3.14. The third kappa shape index (κ3) is 4.83. The number of carbonyl (C=O) groups excluding carboxylic acids is 1. The Morgan fingerprint density at radius 1 is 1.41 bits per heavy atom. The Balaban J connectivity index is 0.00000220. The van der Waals surface area contributed by atoms with Crippen LogP contribution in [0.4, 0.5) is 4.39 Å². The maximum atomic E-state index is 13.1. The Labute approximate surface area is 141 Å². The number of hydrogen-bond donors (Lipinski definition) is 3. The zero-order valence-electron chi connectivity index (χ0n) is 12.6. The number of rotatable bonds is 3. The van der Waals surface area contributed by atoms with E-state index in [-0.39, 0.29) is 48.5 Å². The van der Waals surface area contributed by atoms with Crippen molar-refractivity contribution in [2.75, 3.05) is 0 Å². The predicted octanol–water partition coefficient (Wildman–Crippen LogP) is 2.54. The van der Waals surface area contributed by atoms with Gasteiger partial charge in [0.2, 0.25) is 5.91 Å². The first-order valence-electron chi connectivity index (χ1n) is 6.45. The first-order valence-corrected chi connectivity index (χ1v) is 6.45. The number of nitrogens with two attached hydrogens (primary N) is 1. The summed E-state index contributed by atoms with van der Waals surface area (Å²) in [5, 5.41) is 2.73. The largest absolute Gasteiger partial charge is 0.348 e. The Morgan fingerprint density at radius 2 is 2.05 bits per heavy atom. The number of nitrogens with zero attached hydrogens (tertiary/aromatic N) is 1. The maximum absolute atomic E-state index is 13.1. The molecule has 0 saturated heterocycles. The van der Waals surface area contributed by atoms with E-state index < -0.39 is 6.04 Å². The number of hydrogen-bond acceptors (Lipinski definition) is 3. The highest BCUT2D eigenvalue weighted by molar-refractivity contribution is 5.85. The monoisotopic (exact) mass is 350 g/mol. The lowest BCUT2D eigenvalue weighted by Crippen LogP contribution is -2.48. The number of fused-ring (bicyclic) bond motifs is 1. The van der Waals surface area contributed by atoms with E-state index in [9.17, 15) is 9.18 Å². The zero-order valence-corrected chi connectivity index (χ0v) is 14.3. The summed E-state index contributed by atoms with van der Waals surface area (Å²) in [5.74, 6) is 0.00989. The number of benzene rings is 1. The zero-order chi connectivity index (χ0) is 14.9. The number of nitrogens with one attached hydrogen (secondary N) is 2. The molecule has 0 fully saturated rings. The highest BCUT2D eigenvalue weighted by Gasteiger charge is 2.27. The van der Waals surface area contributed by atoms with Crippen LogP contribution in [-0.2, 0) is 11.3 Å². The fourth-order valence-electron chi connectivity index (χ4n) is 1.79. The standard InChI is InChI=1S/C14H19FN4O.2ClH/c1-14(2,3)12(16)13(20)17-7-11-18-9-5-4-8(15)6-10(9)19-11;;/h4-6,12H,7,16H2,1-3H3,(H,17,20)(H,18,19);2*1H/t12-;;/m1../s1. The SMILES string of the molecule is CC(C)(C)[C@H](N)C(=O)NCc1nc2ccc(F)cc2[nH]1.Cl.Cl. The second-order valence-corrected chi connectivity index (χ2v) is 5.91. The van der Waals surface area contributed by atoms with E-state index in [2.05, 4.69) is 15.3 Å². The van der Waals surface area contributed by atoms with Crippen LogP contribution in [-0.4, -0.2) is 21.9 Å². The summed E-state index contributed by atoms with van der Waals surface area (Å²) in [5.41, 5.74) is 6.83. The molecule has 1 aromatic heterocycles. The van der Waals surface area contributed by atoms with Crippen LogP contribution in [0.5, 0.6) is 0 Å². The highest BCUT2D eigenvalue weighted by Crippen LogP contribution is 2.17. The molecule has 1 amide bonds. The van der Waals surface area contributed by atoms with Crippen LogP contribution in [0.1, 0.15) is 26.6 Å². The van der Waals surface area contributed by atoms with Gasteiger partial charge in [0.25, 0.3) is 0 Å². The van der Waals surface area contributed by atoms with Gasteiger partial charge in [0.15, 0.2) is 0 Å². The van der Waals surface area contributed by atoms with Crippen molar-refractivity contribution in [3.05, 3.63) is 29.8 Å². The van der Waals surface area contributed by atoms with Gasteiger partial charge in [0.05, 0.1) is 23.6 Å². The molecular formula is C14H21Cl2FN4O. The molecular weight excluding hydrogens is 330 g/mol. The predicted molar refractivity (Wildman–Crippen MR) is 89.8 cm³/mol. The molecule has 124 valence electrons. The Kier molecular flexibility index (Phi) is 7.28. The summed E-state index contributed by atoms with van der Waals surface area (Å²) in [7, 11) is 0. The van der Waals surface area contributed by atoms with Crippen molar-refractivity contribution in [3.8, 4) is 0 Å². The molecule has 22 heavy (non-hydrogen) atoms. The third-order valence-corrected chi connectivity index (χ3v) is 3.14. The molecule has 5 nitrogen and oxygen atoms in total.